The maximum atomic E-state index is 5.69. The van der Waals surface area contributed by atoms with Crippen molar-refractivity contribution in [3.8, 4) is 5.75 Å². The van der Waals surface area contributed by atoms with Crippen LogP contribution in [-0.2, 0) is 0 Å². The van der Waals surface area contributed by atoms with E-state index >= 15 is 0 Å². The normalized spacial score (nSPS) is 11.3. The number of nitrogens with zero attached hydrogens (tertiary/aromatic N) is 1. The third kappa shape index (κ3) is 6.44. The quantitative estimate of drug-likeness (QED) is 0.361. The first-order valence-corrected chi connectivity index (χ1v) is 9.69. The molecule has 0 aliphatic rings. The Morgan fingerprint density at radius 2 is 1.31 bits per heavy atom. The van der Waals surface area contributed by atoms with Crippen molar-refractivity contribution in [3.05, 3.63) is 71.8 Å². The lowest BCUT2D eigenvalue weighted by atomic mass is 10.1. The molecule has 138 valence electrons. The van der Waals surface area contributed by atoms with Crippen LogP contribution in [0.1, 0.15) is 44.7 Å². The van der Waals surface area contributed by atoms with Gasteiger partial charge in [-0.2, -0.15) is 0 Å². The van der Waals surface area contributed by atoms with E-state index in [0.29, 0.717) is 0 Å². The molecule has 0 aliphatic carbocycles. The molecule has 2 aromatic carbocycles. The second kappa shape index (κ2) is 11.2. The molecule has 2 heteroatoms. The second-order valence-corrected chi connectivity index (χ2v) is 6.25. The van der Waals surface area contributed by atoms with E-state index in [1.54, 1.807) is 0 Å². The van der Waals surface area contributed by atoms with Crippen LogP contribution in [0.3, 0.4) is 0 Å². The lowest BCUT2D eigenvalue weighted by molar-refractivity contribution is 0.309. The van der Waals surface area contributed by atoms with Crippen molar-refractivity contribution in [1.82, 2.24) is 0 Å². The molecule has 0 heterocycles. The molecule has 0 amide bonds. The van der Waals surface area contributed by atoms with Crippen LogP contribution in [0.15, 0.2) is 60.7 Å². The predicted molar refractivity (Wildman–Crippen MR) is 115 cm³/mol. The summed E-state index contributed by atoms with van der Waals surface area (Å²) >= 11 is 0. The van der Waals surface area contributed by atoms with Gasteiger partial charge in [0.25, 0.3) is 0 Å². The highest BCUT2D eigenvalue weighted by Crippen LogP contribution is 2.16. The second-order valence-electron chi connectivity index (χ2n) is 6.25. The Balaban J connectivity index is 1.87. The van der Waals surface area contributed by atoms with E-state index in [2.05, 4.69) is 86.4 Å². The monoisotopic (exact) mass is 349 g/mol. The molecular weight excluding hydrogens is 318 g/mol. The van der Waals surface area contributed by atoms with Crippen LogP contribution in [0.4, 0.5) is 5.69 Å². The maximum Gasteiger partial charge on any atom is 0.119 e. The predicted octanol–water partition coefficient (Wildman–Crippen LogP) is 6.44. The molecule has 0 saturated heterocycles. The van der Waals surface area contributed by atoms with Crippen molar-refractivity contribution >= 4 is 17.8 Å². The third-order valence-electron chi connectivity index (χ3n) is 4.36. The summed E-state index contributed by atoms with van der Waals surface area (Å²) in [5.41, 5.74) is 3.67. The van der Waals surface area contributed by atoms with Gasteiger partial charge in [0, 0.05) is 18.8 Å². The van der Waals surface area contributed by atoms with Gasteiger partial charge in [0.05, 0.1) is 6.61 Å². The van der Waals surface area contributed by atoms with Gasteiger partial charge >= 0.3 is 0 Å². The van der Waals surface area contributed by atoms with Gasteiger partial charge in [-0.15, -0.1) is 0 Å². The maximum absolute atomic E-state index is 5.69. The molecule has 0 atom stereocenters. The molecule has 0 radical (unpaired) electrons. The first kappa shape index (κ1) is 19.8. The minimum absolute atomic E-state index is 0.793. The van der Waals surface area contributed by atoms with Crippen LogP contribution >= 0.6 is 0 Å². The highest BCUT2D eigenvalue weighted by Gasteiger charge is 1.99. The van der Waals surface area contributed by atoms with Gasteiger partial charge in [-0.1, -0.05) is 61.9 Å². The lowest BCUT2D eigenvalue weighted by Crippen LogP contribution is -2.21. The molecule has 0 saturated carbocycles. The molecule has 2 aromatic rings. The summed E-state index contributed by atoms with van der Waals surface area (Å²) in [6.07, 6.45) is 10.7. The van der Waals surface area contributed by atoms with Crippen molar-refractivity contribution in [1.29, 1.82) is 0 Å². The molecule has 2 rings (SSSR count). The fourth-order valence-electron chi connectivity index (χ4n) is 2.73. The van der Waals surface area contributed by atoms with Crippen molar-refractivity contribution in [2.45, 2.75) is 33.6 Å². The lowest BCUT2D eigenvalue weighted by Gasteiger charge is -2.20. The van der Waals surface area contributed by atoms with Crippen LogP contribution in [0.25, 0.3) is 12.2 Å². The van der Waals surface area contributed by atoms with Crippen LogP contribution in [0, 0.1) is 0 Å². The van der Waals surface area contributed by atoms with Crippen LogP contribution in [0.5, 0.6) is 5.75 Å². The molecular formula is C24H31NO. The molecule has 0 aliphatic heterocycles. The van der Waals surface area contributed by atoms with E-state index in [0.717, 1.165) is 38.3 Å². The average Bonchev–Trinajstić information content (AvgIpc) is 2.68. The minimum atomic E-state index is 0.793. The zero-order valence-electron chi connectivity index (χ0n) is 16.3. The zero-order chi connectivity index (χ0) is 18.6. The molecule has 0 spiro atoms. The Morgan fingerprint density at radius 1 is 0.769 bits per heavy atom. The van der Waals surface area contributed by atoms with Gasteiger partial charge in [0.2, 0.25) is 0 Å². The Hall–Kier alpha value is -2.48. The van der Waals surface area contributed by atoms with Crippen molar-refractivity contribution in [3.63, 3.8) is 0 Å². The zero-order valence-corrected chi connectivity index (χ0v) is 16.3. The van der Waals surface area contributed by atoms with Crippen LogP contribution in [0.2, 0.25) is 0 Å². The fraction of sp³-hybridized carbons (Fsp3) is 0.333. The molecule has 0 N–H and O–H groups in total. The molecule has 0 aromatic heterocycles. The van der Waals surface area contributed by atoms with E-state index in [-0.39, 0.29) is 0 Å². The number of anilines is 1. The van der Waals surface area contributed by atoms with Gasteiger partial charge in [-0.05, 0) is 55.7 Å². The van der Waals surface area contributed by atoms with E-state index in [1.807, 2.05) is 12.1 Å². The first-order valence-electron chi connectivity index (χ1n) is 9.69. The summed E-state index contributed by atoms with van der Waals surface area (Å²) in [5.74, 6) is 0.944. The molecule has 0 fully saturated rings. The Bertz CT molecular complexity index is 679. The van der Waals surface area contributed by atoms with E-state index in [9.17, 15) is 0 Å². The Morgan fingerprint density at radius 3 is 1.81 bits per heavy atom. The standard InChI is InChI=1S/C24H31NO/c1-4-7-20-26-24-18-14-22(15-19-24)11-9-8-10-21-12-16-23(17-13-21)25(5-2)6-3/h8-19H,4-7,20H2,1-3H3/b10-8+,11-9+. The highest BCUT2D eigenvalue weighted by molar-refractivity contribution is 5.60. The van der Waals surface area contributed by atoms with E-state index < -0.39 is 0 Å². The van der Waals surface area contributed by atoms with Gasteiger partial charge in [0.1, 0.15) is 5.75 Å². The van der Waals surface area contributed by atoms with Crippen LogP contribution < -0.4 is 9.64 Å². The SMILES string of the molecule is CCCCOc1ccc(/C=C/C=C/c2ccc(N(CC)CC)cc2)cc1. The summed E-state index contributed by atoms with van der Waals surface area (Å²) in [4.78, 5) is 2.35. The van der Waals surface area contributed by atoms with E-state index in [1.165, 1.54) is 16.8 Å². The molecule has 2 nitrogen and oxygen atoms in total. The highest BCUT2D eigenvalue weighted by atomic mass is 16.5. The minimum Gasteiger partial charge on any atom is -0.494 e. The number of benzene rings is 2. The van der Waals surface area contributed by atoms with E-state index in [4.69, 9.17) is 4.74 Å². The van der Waals surface area contributed by atoms with Crippen molar-refractivity contribution in [2.24, 2.45) is 0 Å². The van der Waals surface area contributed by atoms with Crippen molar-refractivity contribution in [2.75, 3.05) is 24.6 Å². The van der Waals surface area contributed by atoms with Crippen molar-refractivity contribution < 1.29 is 4.74 Å². The number of hydrogen-bond donors (Lipinski definition) is 0. The van der Waals surface area contributed by atoms with Gasteiger partial charge in [-0.25, -0.2) is 0 Å². The topological polar surface area (TPSA) is 12.5 Å². The van der Waals surface area contributed by atoms with Crippen LogP contribution in [-0.4, -0.2) is 19.7 Å². The number of ether oxygens (including phenoxy) is 1. The molecule has 0 unspecified atom stereocenters. The largest absolute Gasteiger partial charge is 0.494 e. The number of unbranched alkanes of at least 4 members (excludes halogenated alkanes) is 1. The summed E-state index contributed by atoms with van der Waals surface area (Å²) < 4.78 is 5.69. The molecule has 0 bridgehead atoms. The number of hydrogen-bond acceptors (Lipinski definition) is 2. The summed E-state index contributed by atoms with van der Waals surface area (Å²) in [6.45, 7) is 9.41. The number of rotatable bonds is 10. The first-order chi connectivity index (χ1) is 12.8. The molecule has 26 heavy (non-hydrogen) atoms. The van der Waals surface area contributed by atoms with Gasteiger partial charge in [-0.3, -0.25) is 0 Å². The summed E-state index contributed by atoms with van der Waals surface area (Å²) in [6, 6.07) is 17.0. The summed E-state index contributed by atoms with van der Waals surface area (Å²) in [5, 5.41) is 0. The Kier molecular flexibility index (Phi) is 8.54. The van der Waals surface area contributed by atoms with Gasteiger partial charge < -0.3 is 9.64 Å². The smallest absolute Gasteiger partial charge is 0.119 e. The van der Waals surface area contributed by atoms with Gasteiger partial charge in [0.15, 0.2) is 0 Å². The number of allylic oxidation sites excluding steroid dienone is 2. The Labute approximate surface area is 158 Å². The average molecular weight is 350 g/mol. The summed E-state index contributed by atoms with van der Waals surface area (Å²) in [7, 11) is 0. The fourth-order valence-corrected chi connectivity index (χ4v) is 2.73. The third-order valence-corrected chi connectivity index (χ3v) is 4.36.